The summed E-state index contributed by atoms with van der Waals surface area (Å²) in [5.41, 5.74) is 3.74. The zero-order chi connectivity index (χ0) is 12.8. The molecule has 0 aliphatic carbocycles. The fraction of sp³-hybridized carbons (Fsp3) is 0.571. The fourth-order valence-electron chi connectivity index (χ4n) is 2.20. The molecule has 0 amide bonds. The molecule has 0 atom stereocenters. The second-order valence-corrected chi connectivity index (χ2v) is 6.65. The minimum Gasteiger partial charge on any atom is -0.289 e. The van der Waals surface area contributed by atoms with Crippen molar-refractivity contribution in [1.82, 2.24) is 14.4 Å². The van der Waals surface area contributed by atoms with Crippen LogP contribution in [-0.2, 0) is 10.8 Å². The Labute approximate surface area is 103 Å². The molecule has 0 N–H and O–H groups in total. The third kappa shape index (κ3) is 2.06. The highest BCUT2D eigenvalue weighted by molar-refractivity contribution is 5.59. The molecule has 0 aliphatic rings. The van der Waals surface area contributed by atoms with E-state index in [-0.39, 0.29) is 10.8 Å². The van der Waals surface area contributed by atoms with E-state index in [1.807, 2.05) is 23.3 Å². The van der Waals surface area contributed by atoms with Gasteiger partial charge in [-0.1, -0.05) is 41.5 Å². The first-order valence-corrected chi connectivity index (χ1v) is 6.03. The van der Waals surface area contributed by atoms with E-state index in [0.717, 1.165) is 11.2 Å². The maximum absolute atomic E-state index is 4.64. The summed E-state index contributed by atoms with van der Waals surface area (Å²) in [5.74, 6) is 0. The predicted octanol–water partition coefficient (Wildman–Crippen LogP) is 3.32. The molecule has 3 nitrogen and oxygen atoms in total. The van der Waals surface area contributed by atoms with Crippen molar-refractivity contribution >= 4 is 5.52 Å². The molecule has 2 aromatic rings. The molecule has 0 bridgehead atoms. The van der Waals surface area contributed by atoms with Crippen LogP contribution in [0.4, 0.5) is 0 Å². The quantitative estimate of drug-likeness (QED) is 0.696. The van der Waals surface area contributed by atoms with Crippen molar-refractivity contribution < 1.29 is 0 Å². The average molecular weight is 231 g/mol. The van der Waals surface area contributed by atoms with E-state index in [4.69, 9.17) is 0 Å². The van der Waals surface area contributed by atoms with Crippen molar-refractivity contribution in [2.75, 3.05) is 0 Å². The van der Waals surface area contributed by atoms with Crippen LogP contribution in [0, 0.1) is 0 Å². The van der Waals surface area contributed by atoms with Crippen molar-refractivity contribution in [2.24, 2.45) is 0 Å². The Bertz CT molecular complexity index is 539. The molecule has 92 valence electrons. The highest BCUT2D eigenvalue weighted by atomic mass is 15.0. The maximum atomic E-state index is 4.64. The van der Waals surface area contributed by atoms with Crippen LogP contribution in [0.2, 0.25) is 0 Å². The Hall–Kier alpha value is -1.38. The lowest BCUT2D eigenvalue weighted by molar-refractivity contribution is 0.514. The van der Waals surface area contributed by atoms with Crippen LogP contribution >= 0.6 is 0 Å². The number of rotatable bonds is 0. The third-order valence-electron chi connectivity index (χ3n) is 2.93. The number of hydrogen-bond acceptors (Lipinski definition) is 2. The zero-order valence-corrected chi connectivity index (χ0v) is 11.6. The lowest BCUT2D eigenvalue weighted by Gasteiger charge is -2.29. The molecule has 0 aliphatic heterocycles. The van der Waals surface area contributed by atoms with Gasteiger partial charge in [0.05, 0.1) is 17.4 Å². The molecule has 0 saturated carbocycles. The second-order valence-electron chi connectivity index (χ2n) is 6.65. The summed E-state index contributed by atoms with van der Waals surface area (Å²) in [5, 5.41) is 0. The van der Waals surface area contributed by atoms with Crippen LogP contribution in [0.1, 0.15) is 52.8 Å². The van der Waals surface area contributed by atoms with Crippen LogP contribution in [0.15, 0.2) is 18.9 Å². The van der Waals surface area contributed by atoms with Gasteiger partial charge >= 0.3 is 0 Å². The normalized spacial score (nSPS) is 13.3. The Morgan fingerprint density at radius 2 is 1.59 bits per heavy atom. The minimum absolute atomic E-state index is 0.0502. The van der Waals surface area contributed by atoms with E-state index in [2.05, 4.69) is 51.5 Å². The van der Waals surface area contributed by atoms with E-state index >= 15 is 0 Å². The first kappa shape index (κ1) is 12.1. The van der Waals surface area contributed by atoms with Crippen LogP contribution in [0.25, 0.3) is 5.52 Å². The number of fused-ring (bicyclic) bond motifs is 1. The Morgan fingerprint density at radius 1 is 0.941 bits per heavy atom. The molecule has 0 saturated heterocycles. The van der Waals surface area contributed by atoms with E-state index in [1.54, 1.807) is 0 Å². The number of imidazole rings is 1. The van der Waals surface area contributed by atoms with Gasteiger partial charge in [-0.15, -0.1) is 0 Å². The molecule has 17 heavy (non-hydrogen) atoms. The highest BCUT2D eigenvalue weighted by Crippen LogP contribution is 2.34. The summed E-state index contributed by atoms with van der Waals surface area (Å²) in [6, 6.07) is 0. The molecular weight excluding hydrogens is 210 g/mol. The molecule has 0 fully saturated rings. The van der Waals surface area contributed by atoms with Gasteiger partial charge in [0.15, 0.2) is 0 Å². The van der Waals surface area contributed by atoms with Crippen molar-refractivity contribution in [1.29, 1.82) is 0 Å². The van der Waals surface area contributed by atoms with Gasteiger partial charge in [-0.3, -0.25) is 4.40 Å². The molecule has 3 heteroatoms. The molecule has 2 aromatic heterocycles. The number of hydrogen-bond donors (Lipinski definition) is 0. The van der Waals surface area contributed by atoms with Gasteiger partial charge in [0.25, 0.3) is 0 Å². The molecule has 2 heterocycles. The van der Waals surface area contributed by atoms with Gasteiger partial charge < -0.3 is 0 Å². The first-order valence-electron chi connectivity index (χ1n) is 6.03. The lowest BCUT2D eigenvalue weighted by atomic mass is 9.78. The summed E-state index contributed by atoms with van der Waals surface area (Å²) in [4.78, 5) is 8.86. The Kier molecular flexibility index (Phi) is 2.53. The third-order valence-corrected chi connectivity index (χ3v) is 2.93. The smallest absolute Gasteiger partial charge is 0.101 e. The van der Waals surface area contributed by atoms with Crippen molar-refractivity contribution in [3.05, 3.63) is 30.1 Å². The lowest BCUT2D eigenvalue weighted by Crippen LogP contribution is -2.24. The van der Waals surface area contributed by atoms with Crippen molar-refractivity contribution in [3.8, 4) is 0 Å². The molecular formula is C14H21N3. The highest BCUT2D eigenvalue weighted by Gasteiger charge is 2.28. The van der Waals surface area contributed by atoms with E-state index in [9.17, 15) is 0 Å². The fourth-order valence-corrected chi connectivity index (χ4v) is 2.20. The minimum atomic E-state index is 0.0502. The van der Waals surface area contributed by atoms with Gasteiger partial charge in [-0.2, -0.15) is 0 Å². The predicted molar refractivity (Wildman–Crippen MR) is 70.4 cm³/mol. The average Bonchev–Trinajstić information content (AvgIpc) is 2.59. The van der Waals surface area contributed by atoms with Crippen molar-refractivity contribution in [3.63, 3.8) is 0 Å². The van der Waals surface area contributed by atoms with E-state index < -0.39 is 0 Å². The number of aromatic nitrogens is 3. The largest absolute Gasteiger partial charge is 0.289 e. The standard InChI is InChI=1S/C14H21N3/c1-13(2,3)11-10-7-15-8-17(10)9-16-12(11)14(4,5)6/h7-9H,1-6H3. The van der Waals surface area contributed by atoms with Crippen LogP contribution in [0.3, 0.4) is 0 Å². The second kappa shape index (κ2) is 3.56. The summed E-state index contributed by atoms with van der Waals surface area (Å²) < 4.78 is 2.00. The Morgan fingerprint density at radius 3 is 2.12 bits per heavy atom. The van der Waals surface area contributed by atoms with Gasteiger partial charge in [-0.05, 0) is 5.41 Å². The molecule has 0 aromatic carbocycles. The molecule has 0 unspecified atom stereocenters. The van der Waals surface area contributed by atoms with Gasteiger partial charge in [0, 0.05) is 11.0 Å². The molecule has 0 radical (unpaired) electrons. The maximum Gasteiger partial charge on any atom is 0.101 e. The zero-order valence-electron chi connectivity index (χ0n) is 11.6. The van der Waals surface area contributed by atoms with Crippen LogP contribution < -0.4 is 0 Å². The van der Waals surface area contributed by atoms with Gasteiger partial charge in [0.2, 0.25) is 0 Å². The van der Waals surface area contributed by atoms with Gasteiger partial charge in [-0.25, -0.2) is 9.97 Å². The summed E-state index contributed by atoms with van der Waals surface area (Å²) >= 11 is 0. The van der Waals surface area contributed by atoms with E-state index in [0.29, 0.717) is 0 Å². The van der Waals surface area contributed by atoms with Gasteiger partial charge in [0.1, 0.15) is 12.7 Å². The van der Waals surface area contributed by atoms with E-state index in [1.165, 1.54) is 5.56 Å². The summed E-state index contributed by atoms with van der Waals surface area (Å²) in [6.07, 6.45) is 5.60. The summed E-state index contributed by atoms with van der Waals surface area (Å²) in [7, 11) is 0. The topological polar surface area (TPSA) is 30.2 Å². The summed E-state index contributed by atoms with van der Waals surface area (Å²) in [6.45, 7) is 13.3. The SMILES string of the molecule is CC(C)(C)c1ncn2cncc2c1C(C)(C)C. The Balaban J connectivity index is 2.85. The molecule has 2 rings (SSSR count). The van der Waals surface area contributed by atoms with Crippen molar-refractivity contribution in [2.45, 2.75) is 52.4 Å². The molecule has 0 spiro atoms. The van der Waals surface area contributed by atoms with Crippen LogP contribution in [0.5, 0.6) is 0 Å². The van der Waals surface area contributed by atoms with Crippen LogP contribution in [-0.4, -0.2) is 14.4 Å². The monoisotopic (exact) mass is 231 g/mol. The first-order chi connectivity index (χ1) is 7.71. The number of nitrogens with zero attached hydrogens (tertiary/aromatic N) is 3.